The molecule has 7 heteroatoms. The number of nitrogens with zero attached hydrogens (tertiary/aromatic N) is 2. The van der Waals surface area contributed by atoms with E-state index in [0.717, 1.165) is 25.3 Å². The van der Waals surface area contributed by atoms with Crippen molar-refractivity contribution >= 4 is 45.2 Å². The van der Waals surface area contributed by atoms with Gasteiger partial charge >= 0.3 is 0 Å². The zero-order valence-electron chi connectivity index (χ0n) is 16.2. The summed E-state index contributed by atoms with van der Waals surface area (Å²) in [7, 11) is 0. The van der Waals surface area contributed by atoms with E-state index in [1.165, 1.54) is 11.1 Å². The summed E-state index contributed by atoms with van der Waals surface area (Å²) < 4.78 is 22.8. The second-order valence-electron chi connectivity index (χ2n) is 7.19. The molecular weight excluding hydrogens is 594 g/mol. The molecule has 1 aliphatic rings. The van der Waals surface area contributed by atoms with Crippen LogP contribution in [0.3, 0.4) is 0 Å². The summed E-state index contributed by atoms with van der Waals surface area (Å²) in [4.78, 5) is 4.40. The molecule has 0 N–H and O–H groups in total. The van der Waals surface area contributed by atoms with Gasteiger partial charge in [0, 0.05) is 6.42 Å². The van der Waals surface area contributed by atoms with Gasteiger partial charge in [0.25, 0.3) is 0 Å². The average Bonchev–Trinajstić information content (AvgIpc) is 3.26. The predicted molar refractivity (Wildman–Crippen MR) is 128 cm³/mol. The Hall–Kier alpha value is -1.33. The van der Waals surface area contributed by atoms with Crippen LogP contribution < -0.4 is 9.47 Å². The molecule has 1 aromatic heterocycles. The lowest BCUT2D eigenvalue weighted by atomic mass is 10.1. The zero-order valence-corrected chi connectivity index (χ0v) is 20.5. The standard InChI is InChI=1S/C22H22I2N2O3/c1-14-3-7-16(8-4-14)27-12-19-18(28-17-9-5-15(2)6-10-17)11-20(29-19)26-13-25-21(23)22(26)24/h3-10,13,18-20H,11-12H2,1-2H3/t18-,19+,20+/m0/s1. The van der Waals surface area contributed by atoms with Crippen molar-refractivity contribution in [2.24, 2.45) is 0 Å². The lowest BCUT2D eigenvalue weighted by Crippen LogP contribution is -2.32. The van der Waals surface area contributed by atoms with Crippen molar-refractivity contribution in [2.75, 3.05) is 6.61 Å². The number of ether oxygens (including phenoxy) is 3. The third kappa shape index (κ3) is 5.05. The SMILES string of the molecule is Cc1ccc(OC[C@H]2O[C@@H](n3cnc(I)c3I)C[C@@H]2Oc2ccc(C)cc2)cc1. The number of hydrogen-bond acceptors (Lipinski definition) is 4. The van der Waals surface area contributed by atoms with Gasteiger partial charge in [-0.3, -0.25) is 4.57 Å². The highest BCUT2D eigenvalue weighted by atomic mass is 127. The van der Waals surface area contributed by atoms with Crippen LogP contribution in [0.1, 0.15) is 23.8 Å². The van der Waals surface area contributed by atoms with E-state index in [1.54, 1.807) is 0 Å². The van der Waals surface area contributed by atoms with Crippen LogP contribution in [0.25, 0.3) is 0 Å². The second kappa shape index (κ2) is 9.22. The van der Waals surface area contributed by atoms with Gasteiger partial charge in [0.1, 0.15) is 43.9 Å². The van der Waals surface area contributed by atoms with Crippen molar-refractivity contribution in [3.8, 4) is 11.5 Å². The summed E-state index contributed by atoms with van der Waals surface area (Å²) in [5.41, 5.74) is 2.42. The maximum Gasteiger partial charge on any atom is 0.140 e. The normalized spacial score (nSPS) is 21.3. The van der Waals surface area contributed by atoms with E-state index in [0.29, 0.717) is 6.61 Å². The van der Waals surface area contributed by atoms with Crippen LogP contribution in [-0.4, -0.2) is 28.4 Å². The molecule has 0 saturated carbocycles. The lowest BCUT2D eigenvalue weighted by molar-refractivity contribution is -0.0363. The van der Waals surface area contributed by atoms with E-state index in [2.05, 4.69) is 80.7 Å². The first-order chi connectivity index (χ1) is 14.0. The largest absolute Gasteiger partial charge is 0.491 e. The van der Waals surface area contributed by atoms with E-state index in [-0.39, 0.29) is 18.4 Å². The molecule has 0 aliphatic carbocycles. The van der Waals surface area contributed by atoms with Crippen LogP contribution in [-0.2, 0) is 4.74 Å². The van der Waals surface area contributed by atoms with Crippen LogP contribution in [0, 0.1) is 21.2 Å². The Bertz CT molecular complexity index is 957. The minimum Gasteiger partial charge on any atom is -0.491 e. The van der Waals surface area contributed by atoms with Crippen molar-refractivity contribution in [3.05, 3.63) is 73.4 Å². The van der Waals surface area contributed by atoms with Crippen molar-refractivity contribution in [2.45, 2.75) is 38.7 Å². The van der Waals surface area contributed by atoms with Gasteiger partial charge in [0.2, 0.25) is 0 Å². The van der Waals surface area contributed by atoms with E-state index in [1.807, 2.05) is 42.7 Å². The van der Waals surface area contributed by atoms with Crippen molar-refractivity contribution in [1.29, 1.82) is 0 Å². The van der Waals surface area contributed by atoms with Gasteiger partial charge < -0.3 is 14.2 Å². The number of benzene rings is 2. The Balaban J connectivity index is 1.50. The number of aryl methyl sites for hydroxylation is 2. The molecule has 5 nitrogen and oxygen atoms in total. The van der Waals surface area contributed by atoms with Gasteiger partial charge in [0.05, 0.1) is 6.33 Å². The summed E-state index contributed by atoms with van der Waals surface area (Å²) in [6.45, 7) is 4.56. The second-order valence-corrected chi connectivity index (χ2v) is 9.24. The Labute approximate surface area is 198 Å². The highest BCUT2D eigenvalue weighted by Gasteiger charge is 2.39. The summed E-state index contributed by atoms with van der Waals surface area (Å²) >= 11 is 4.55. The number of halogens is 2. The van der Waals surface area contributed by atoms with E-state index >= 15 is 0 Å². The van der Waals surface area contributed by atoms with Crippen LogP contribution in [0.4, 0.5) is 0 Å². The van der Waals surface area contributed by atoms with Gasteiger partial charge in [-0.15, -0.1) is 0 Å². The first-order valence-electron chi connectivity index (χ1n) is 9.45. The molecule has 1 saturated heterocycles. The minimum absolute atomic E-state index is 0.107. The van der Waals surface area contributed by atoms with Crippen molar-refractivity contribution in [1.82, 2.24) is 9.55 Å². The topological polar surface area (TPSA) is 45.5 Å². The minimum atomic E-state index is -0.182. The molecule has 0 radical (unpaired) electrons. The van der Waals surface area contributed by atoms with Crippen LogP contribution >= 0.6 is 45.2 Å². The van der Waals surface area contributed by atoms with E-state index < -0.39 is 0 Å². The van der Waals surface area contributed by atoms with Crippen molar-refractivity contribution < 1.29 is 14.2 Å². The Morgan fingerprint density at radius 3 is 2.21 bits per heavy atom. The molecule has 0 spiro atoms. The smallest absolute Gasteiger partial charge is 0.140 e. The molecule has 0 unspecified atom stereocenters. The van der Waals surface area contributed by atoms with Crippen LogP contribution in [0.2, 0.25) is 0 Å². The zero-order chi connectivity index (χ0) is 20.4. The maximum atomic E-state index is 6.36. The fourth-order valence-electron chi connectivity index (χ4n) is 3.27. The number of imidazole rings is 1. The van der Waals surface area contributed by atoms with Gasteiger partial charge in [-0.2, -0.15) is 0 Å². The molecule has 0 bridgehead atoms. The van der Waals surface area contributed by atoms with Gasteiger partial charge in [0.15, 0.2) is 0 Å². The highest BCUT2D eigenvalue weighted by Crippen LogP contribution is 2.34. The van der Waals surface area contributed by atoms with Crippen LogP contribution in [0.15, 0.2) is 54.9 Å². The number of aromatic nitrogens is 2. The van der Waals surface area contributed by atoms with Gasteiger partial charge in [-0.1, -0.05) is 35.4 Å². The predicted octanol–water partition coefficient (Wildman–Crippen LogP) is 5.52. The van der Waals surface area contributed by atoms with Crippen molar-refractivity contribution in [3.63, 3.8) is 0 Å². The highest BCUT2D eigenvalue weighted by molar-refractivity contribution is 14.1. The number of rotatable bonds is 6. The molecular formula is C22H22I2N2O3. The average molecular weight is 616 g/mol. The summed E-state index contributed by atoms with van der Waals surface area (Å²) in [6.07, 6.45) is 2.15. The molecule has 0 amide bonds. The molecule has 1 aliphatic heterocycles. The molecule has 2 aromatic carbocycles. The molecule has 1 fully saturated rings. The Kier molecular flexibility index (Phi) is 6.65. The van der Waals surface area contributed by atoms with E-state index in [4.69, 9.17) is 14.2 Å². The summed E-state index contributed by atoms with van der Waals surface area (Å²) in [6, 6.07) is 16.2. The lowest BCUT2D eigenvalue weighted by Gasteiger charge is -2.20. The first kappa shape index (κ1) is 20.9. The molecule has 3 atom stereocenters. The summed E-state index contributed by atoms with van der Waals surface area (Å²) in [5, 5.41) is 0. The molecule has 29 heavy (non-hydrogen) atoms. The summed E-state index contributed by atoms with van der Waals surface area (Å²) in [5.74, 6) is 1.68. The fourth-order valence-corrected chi connectivity index (χ4v) is 4.25. The van der Waals surface area contributed by atoms with Crippen LogP contribution in [0.5, 0.6) is 11.5 Å². The maximum absolute atomic E-state index is 6.36. The van der Waals surface area contributed by atoms with Gasteiger partial charge in [-0.25, -0.2) is 4.98 Å². The first-order valence-corrected chi connectivity index (χ1v) is 11.6. The monoisotopic (exact) mass is 616 g/mol. The van der Waals surface area contributed by atoms with Gasteiger partial charge in [-0.05, 0) is 83.3 Å². The molecule has 2 heterocycles. The Morgan fingerprint density at radius 1 is 1.00 bits per heavy atom. The fraction of sp³-hybridized carbons (Fsp3) is 0.318. The molecule has 4 rings (SSSR count). The number of hydrogen-bond donors (Lipinski definition) is 0. The third-order valence-electron chi connectivity index (χ3n) is 4.93. The Morgan fingerprint density at radius 2 is 1.62 bits per heavy atom. The third-order valence-corrected chi connectivity index (χ3v) is 7.82. The quantitative estimate of drug-likeness (QED) is 0.343. The molecule has 152 valence electrons. The van der Waals surface area contributed by atoms with E-state index in [9.17, 15) is 0 Å². The molecule has 3 aromatic rings.